The number of benzene rings is 1. The first kappa shape index (κ1) is 14.0. The van der Waals surface area contributed by atoms with Crippen LogP contribution in [0, 0.1) is 0 Å². The lowest BCUT2D eigenvalue weighted by Gasteiger charge is -2.26. The lowest BCUT2D eigenvalue weighted by Crippen LogP contribution is -2.19. The van der Waals surface area contributed by atoms with Gasteiger partial charge < -0.3 is 20.0 Å². The largest absolute Gasteiger partial charge is 0.508 e. The quantitative estimate of drug-likeness (QED) is 0.620. The van der Waals surface area contributed by atoms with Gasteiger partial charge >= 0.3 is 7.60 Å². The van der Waals surface area contributed by atoms with Crippen LogP contribution in [-0.4, -0.2) is 26.2 Å². The van der Waals surface area contributed by atoms with E-state index in [0.717, 1.165) is 0 Å². The number of phenolic OH excluding ortho intramolecular Hbond substituents is 2. The molecule has 4 N–H and O–H groups in total. The second-order valence-corrected chi connectivity index (χ2v) is 6.50. The van der Waals surface area contributed by atoms with Gasteiger partial charge in [-0.3, -0.25) is 4.57 Å². The molecule has 0 amide bonds. The zero-order chi connectivity index (χ0) is 13.3. The summed E-state index contributed by atoms with van der Waals surface area (Å²) in [6.07, 6.45) is 0.00985. The van der Waals surface area contributed by atoms with E-state index in [2.05, 4.69) is 0 Å². The van der Waals surface area contributed by atoms with Crippen molar-refractivity contribution in [1.29, 1.82) is 0 Å². The zero-order valence-electron chi connectivity index (χ0n) is 9.79. The third-order valence-electron chi connectivity index (χ3n) is 2.74. The van der Waals surface area contributed by atoms with Crippen LogP contribution in [0.25, 0.3) is 0 Å². The molecule has 0 saturated heterocycles. The predicted octanol–water partition coefficient (Wildman–Crippen LogP) is 1.94. The number of rotatable bonds is 4. The van der Waals surface area contributed by atoms with Crippen molar-refractivity contribution < 1.29 is 24.6 Å². The number of hydrogen-bond acceptors (Lipinski definition) is 3. The van der Waals surface area contributed by atoms with Crippen LogP contribution < -0.4 is 0 Å². The Bertz CT molecular complexity index is 449. The number of hydrogen-bond donors (Lipinski definition) is 4. The van der Waals surface area contributed by atoms with E-state index < -0.39 is 13.0 Å². The molecule has 0 fully saturated rings. The fraction of sp³-hybridized carbons (Fsp3) is 0.455. The third kappa shape index (κ3) is 4.04. The molecule has 0 aromatic heterocycles. The van der Waals surface area contributed by atoms with Crippen molar-refractivity contribution in [1.82, 2.24) is 0 Å². The molecule has 6 heteroatoms. The van der Waals surface area contributed by atoms with Gasteiger partial charge in [0.05, 0.1) is 6.16 Å². The highest BCUT2D eigenvalue weighted by atomic mass is 31.2. The molecular formula is C11H17O5P. The van der Waals surface area contributed by atoms with Gasteiger partial charge in [-0.15, -0.1) is 0 Å². The van der Waals surface area contributed by atoms with E-state index in [1.165, 1.54) is 12.1 Å². The Balaban J connectivity index is 2.93. The molecule has 0 unspecified atom stereocenters. The van der Waals surface area contributed by atoms with E-state index in [1.54, 1.807) is 19.9 Å². The maximum Gasteiger partial charge on any atom is 0.325 e. The first-order chi connectivity index (χ1) is 7.62. The van der Waals surface area contributed by atoms with Gasteiger partial charge in [0.1, 0.15) is 11.5 Å². The van der Waals surface area contributed by atoms with E-state index in [-0.39, 0.29) is 24.1 Å². The van der Waals surface area contributed by atoms with Crippen LogP contribution in [0.4, 0.5) is 0 Å². The normalized spacial score (nSPS) is 12.7. The molecule has 1 aromatic rings. The van der Waals surface area contributed by atoms with Crippen LogP contribution >= 0.6 is 7.60 Å². The fourth-order valence-corrected chi connectivity index (χ4v) is 2.50. The van der Waals surface area contributed by atoms with E-state index >= 15 is 0 Å². The van der Waals surface area contributed by atoms with E-state index in [1.807, 2.05) is 0 Å². The molecule has 0 radical (unpaired) electrons. The standard InChI is InChI=1S/C11H17O5P/c1-11(2,5-6-17(14,15)16)9-4-3-8(12)7-10(9)13/h3-4,7,12-13H,5-6H2,1-2H3,(H2,14,15,16). The Hall–Kier alpha value is -1.03. The zero-order valence-corrected chi connectivity index (χ0v) is 10.7. The molecule has 0 heterocycles. The summed E-state index contributed by atoms with van der Waals surface area (Å²) >= 11 is 0. The Labute approximate surface area is 99.9 Å². The molecule has 0 aliphatic carbocycles. The highest BCUT2D eigenvalue weighted by Crippen LogP contribution is 2.42. The van der Waals surface area contributed by atoms with Crippen LogP contribution in [0.15, 0.2) is 18.2 Å². The summed E-state index contributed by atoms with van der Waals surface area (Å²) in [7, 11) is -4.04. The lowest BCUT2D eigenvalue weighted by molar-refractivity contribution is 0.360. The molecule has 0 saturated carbocycles. The maximum atomic E-state index is 10.8. The molecule has 0 bridgehead atoms. The van der Waals surface area contributed by atoms with Crippen molar-refractivity contribution in [3.05, 3.63) is 23.8 Å². The Kier molecular flexibility index (Phi) is 3.87. The summed E-state index contributed by atoms with van der Waals surface area (Å²) in [4.78, 5) is 17.7. The Morgan fingerprint density at radius 1 is 1.24 bits per heavy atom. The van der Waals surface area contributed by atoms with Crippen LogP contribution in [0.5, 0.6) is 11.5 Å². The smallest absolute Gasteiger partial charge is 0.325 e. The minimum Gasteiger partial charge on any atom is -0.508 e. The second-order valence-electron chi connectivity index (χ2n) is 4.72. The van der Waals surface area contributed by atoms with Gasteiger partial charge in [0.15, 0.2) is 0 Å². The molecule has 17 heavy (non-hydrogen) atoms. The minimum atomic E-state index is -4.04. The van der Waals surface area contributed by atoms with E-state index in [4.69, 9.17) is 9.79 Å². The van der Waals surface area contributed by atoms with Crippen molar-refractivity contribution in [3.63, 3.8) is 0 Å². The monoisotopic (exact) mass is 260 g/mol. The topological polar surface area (TPSA) is 98.0 Å². The van der Waals surface area contributed by atoms with Crippen molar-refractivity contribution >= 4 is 7.60 Å². The first-order valence-electron chi connectivity index (χ1n) is 5.19. The summed E-state index contributed by atoms with van der Waals surface area (Å²) in [6, 6.07) is 4.22. The van der Waals surface area contributed by atoms with Gasteiger partial charge in [-0.25, -0.2) is 0 Å². The molecule has 0 aliphatic rings. The highest BCUT2D eigenvalue weighted by Gasteiger charge is 2.27. The molecular weight excluding hydrogens is 243 g/mol. The first-order valence-corrected chi connectivity index (χ1v) is 6.99. The molecule has 0 aliphatic heterocycles. The van der Waals surface area contributed by atoms with Crippen LogP contribution in [0.2, 0.25) is 0 Å². The lowest BCUT2D eigenvalue weighted by atomic mass is 9.81. The van der Waals surface area contributed by atoms with Gasteiger partial charge in [0.25, 0.3) is 0 Å². The predicted molar refractivity (Wildman–Crippen MR) is 64.3 cm³/mol. The van der Waals surface area contributed by atoms with Crippen molar-refractivity contribution in [3.8, 4) is 11.5 Å². The molecule has 0 spiro atoms. The number of aromatic hydroxyl groups is 2. The van der Waals surface area contributed by atoms with Gasteiger partial charge in [-0.1, -0.05) is 19.9 Å². The third-order valence-corrected chi connectivity index (χ3v) is 3.54. The van der Waals surface area contributed by atoms with Gasteiger partial charge in [0.2, 0.25) is 0 Å². The summed E-state index contributed by atoms with van der Waals surface area (Å²) in [6.45, 7) is 3.57. The second kappa shape index (κ2) is 4.69. The fourth-order valence-electron chi connectivity index (χ4n) is 1.65. The van der Waals surface area contributed by atoms with Crippen LogP contribution in [0.3, 0.4) is 0 Å². The number of phenols is 2. The molecule has 0 atom stereocenters. The molecule has 1 rings (SSSR count). The average molecular weight is 260 g/mol. The van der Waals surface area contributed by atoms with Crippen molar-refractivity contribution in [2.75, 3.05) is 6.16 Å². The van der Waals surface area contributed by atoms with Gasteiger partial charge in [-0.05, 0) is 23.5 Å². The summed E-state index contributed by atoms with van der Waals surface area (Å²) in [5, 5.41) is 18.9. The van der Waals surface area contributed by atoms with E-state index in [0.29, 0.717) is 5.56 Å². The minimum absolute atomic E-state index is 0.0444. The average Bonchev–Trinajstić information content (AvgIpc) is 2.13. The van der Waals surface area contributed by atoms with Crippen molar-refractivity contribution in [2.45, 2.75) is 25.7 Å². The summed E-state index contributed by atoms with van der Waals surface area (Å²) in [5.41, 5.74) is -0.0115. The van der Waals surface area contributed by atoms with Crippen LogP contribution in [-0.2, 0) is 9.98 Å². The maximum absolute atomic E-state index is 10.8. The molecule has 1 aromatic carbocycles. The van der Waals surface area contributed by atoms with Gasteiger partial charge in [0, 0.05) is 6.07 Å². The van der Waals surface area contributed by atoms with Crippen LogP contribution in [0.1, 0.15) is 25.8 Å². The van der Waals surface area contributed by atoms with E-state index in [9.17, 15) is 14.8 Å². The highest BCUT2D eigenvalue weighted by molar-refractivity contribution is 7.51. The summed E-state index contributed by atoms with van der Waals surface area (Å²) < 4.78 is 10.8. The molecule has 5 nitrogen and oxygen atoms in total. The van der Waals surface area contributed by atoms with Gasteiger partial charge in [-0.2, -0.15) is 0 Å². The summed E-state index contributed by atoms with van der Waals surface area (Å²) in [5.74, 6) is -0.113. The van der Waals surface area contributed by atoms with Crippen molar-refractivity contribution in [2.24, 2.45) is 0 Å². The Morgan fingerprint density at radius 2 is 1.82 bits per heavy atom. The SMILES string of the molecule is CC(C)(CCP(=O)(O)O)c1ccc(O)cc1O. The molecule has 96 valence electrons. The Morgan fingerprint density at radius 3 is 2.29 bits per heavy atom.